The van der Waals surface area contributed by atoms with Gasteiger partial charge in [-0.05, 0) is 13.3 Å². The zero-order valence-electron chi connectivity index (χ0n) is 11.4. The Morgan fingerprint density at radius 3 is 2.50 bits per heavy atom. The maximum Gasteiger partial charge on any atom is 0.436 e. The third kappa shape index (κ3) is 8.55. The van der Waals surface area contributed by atoms with Gasteiger partial charge < -0.3 is 15.4 Å². The van der Waals surface area contributed by atoms with Gasteiger partial charge in [0.15, 0.2) is 0 Å². The number of unbranched alkanes of at least 4 members (excludes halogenated alkanes) is 3. The molecule has 1 amide bonds. The Bertz CT molecular complexity index is 303. The van der Waals surface area contributed by atoms with Gasteiger partial charge in [-0.25, -0.2) is 4.79 Å². The van der Waals surface area contributed by atoms with E-state index in [9.17, 15) is 9.59 Å². The summed E-state index contributed by atoms with van der Waals surface area (Å²) in [5, 5.41) is 0. The molecule has 2 N–H and O–H groups in total. The van der Waals surface area contributed by atoms with Gasteiger partial charge in [0.25, 0.3) is 0 Å². The topological polar surface area (TPSA) is 85.0 Å². The first-order chi connectivity index (χ1) is 8.47. The number of carbonyl (C=O) groups excluding carboxylic acids is 2. The van der Waals surface area contributed by atoms with E-state index < -0.39 is 6.09 Å². The largest absolute Gasteiger partial charge is 0.448 e. The van der Waals surface area contributed by atoms with Crippen molar-refractivity contribution in [2.24, 2.45) is 10.7 Å². The Morgan fingerprint density at radius 1 is 1.28 bits per heavy atom. The third-order valence-corrected chi connectivity index (χ3v) is 2.28. The van der Waals surface area contributed by atoms with Crippen LogP contribution in [0.15, 0.2) is 4.99 Å². The van der Waals surface area contributed by atoms with Gasteiger partial charge in [-0.15, -0.1) is 4.99 Å². The van der Waals surface area contributed by atoms with E-state index in [2.05, 4.69) is 11.9 Å². The number of Topliss-reactive ketones (excluding diaryl/α,β-unsaturated/α-hetero) is 1. The summed E-state index contributed by atoms with van der Waals surface area (Å²) in [4.78, 5) is 27.1. The van der Waals surface area contributed by atoms with Crippen LogP contribution in [0.2, 0.25) is 0 Å². The molecule has 0 aliphatic rings. The second-order valence-corrected chi connectivity index (χ2v) is 4.20. The molecule has 0 heterocycles. The number of hydrogen-bond acceptors (Lipinski definition) is 3. The average molecular weight is 257 g/mol. The minimum Gasteiger partial charge on any atom is -0.448 e. The Balaban J connectivity index is 3.92. The monoisotopic (exact) mass is 257 g/mol. The molecular weight excluding hydrogens is 234 g/mol. The number of ether oxygens (including phenoxy) is 1. The lowest BCUT2D eigenvalue weighted by Gasteiger charge is -2.15. The van der Waals surface area contributed by atoms with Crippen molar-refractivity contribution in [2.45, 2.75) is 39.5 Å². The van der Waals surface area contributed by atoms with Crippen molar-refractivity contribution >= 4 is 17.8 Å². The molecule has 0 unspecified atom stereocenters. The summed E-state index contributed by atoms with van der Waals surface area (Å²) in [5.41, 5.74) is 5.54. The molecule has 18 heavy (non-hydrogen) atoms. The van der Waals surface area contributed by atoms with Crippen LogP contribution in [0.5, 0.6) is 0 Å². The van der Waals surface area contributed by atoms with Crippen LogP contribution >= 0.6 is 0 Å². The van der Waals surface area contributed by atoms with E-state index in [1.807, 2.05) is 0 Å². The van der Waals surface area contributed by atoms with Crippen molar-refractivity contribution in [3.63, 3.8) is 0 Å². The SMILES string of the molecule is CCCCCCOC(=O)N=C(N)N(C)CC(C)=O. The molecule has 0 aliphatic carbocycles. The lowest BCUT2D eigenvalue weighted by atomic mass is 10.2. The fourth-order valence-corrected chi connectivity index (χ4v) is 1.31. The van der Waals surface area contributed by atoms with E-state index in [1.165, 1.54) is 11.8 Å². The summed E-state index contributed by atoms with van der Waals surface area (Å²) in [6, 6.07) is 0. The van der Waals surface area contributed by atoms with Crippen molar-refractivity contribution < 1.29 is 14.3 Å². The molecule has 6 nitrogen and oxygen atoms in total. The van der Waals surface area contributed by atoms with Gasteiger partial charge in [0.1, 0.15) is 5.78 Å². The fourth-order valence-electron chi connectivity index (χ4n) is 1.31. The maximum absolute atomic E-state index is 11.3. The molecule has 0 saturated heterocycles. The molecule has 0 atom stereocenters. The Hall–Kier alpha value is -1.59. The molecule has 0 aromatic carbocycles. The Kier molecular flexibility index (Phi) is 8.61. The number of carbonyl (C=O) groups is 2. The van der Waals surface area contributed by atoms with Gasteiger partial charge in [-0.3, -0.25) is 4.79 Å². The molecule has 0 aromatic heterocycles. The maximum atomic E-state index is 11.3. The summed E-state index contributed by atoms with van der Waals surface area (Å²) in [6.45, 7) is 4.03. The van der Waals surface area contributed by atoms with Gasteiger partial charge in [0.2, 0.25) is 5.96 Å². The molecule has 0 radical (unpaired) electrons. The lowest BCUT2D eigenvalue weighted by Crippen LogP contribution is -2.37. The molecule has 0 aliphatic heterocycles. The highest BCUT2D eigenvalue weighted by Crippen LogP contribution is 1.99. The molecule has 6 heteroatoms. The summed E-state index contributed by atoms with van der Waals surface area (Å²) in [7, 11) is 1.59. The highest BCUT2D eigenvalue weighted by molar-refractivity contribution is 5.91. The predicted molar refractivity (Wildman–Crippen MR) is 70.4 cm³/mol. The van der Waals surface area contributed by atoms with Gasteiger partial charge in [0, 0.05) is 7.05 Å². The number of likely N-dealkylation sites (N-methyl/N-ethyl adjacent to an activating group) is 1. The van der Waals surface area contributed by atoms with Crippen LogP contribution in [0.25, 0.3) is 0 Å². The first kappa shape index (κ1) is 16.4. The van der Waals surface area contributed by atoms with Crippen LogP contribution in [0, 0.1) is 0 Å². The zero-order valence-corrected chi connectivity index (χ0v) is 11.4. The molecule has 0 bridgehead atoms. The van der Waals surface area contributed by atoms with Crippen molar-refractivity contribution in [3.05, 3.63) is 0 Å². The highest BCUT2D eigenvalue weighted by atomic mass is 16.5. The molecule has 104 valence electrons. The minimum atomic E-state index is -0.709. The number of hydrogen-bond donors (Lipinski definition) is 1. The van der Waals surface area contributed by atoms with E-state index in [1.54, 1.807) is 7.05 Å². The number of ketones is 1. The standard InChI is InChI=1S/C12H23N3O3/c1-4-5-6-7-8-18-12(17)14-11(13)15(3)9-10(2)16/h4-9H2,1-3H3,(H2,13,14,17). The average Bonchev–Trinajstić information content (AvgIpc) is 2.27. The highest BCUT2D eigenvalue weighted by Gasteiger charge is 2.07. The Labute approximate surface area is 108 Å². The second-order valence-electron chi connectivity index (χ2n) is 4.20. The summed E-state index contributed by atoms with van der Waals surface area (Å²) >= 11 is 0. The third-order valence-electron chi connectivity index (χ3n) is 2.28. The van der Waals surface area contributed by atoms with Crippen molar-refractivity contribution in [1.29, 1.82) is 0 Å². The summed E-state index contributed by atoms with van der Waals surface area (Å²) in [6.07, 6.45) is 3.42. The van der Waals surface area contributed by atoms with Gasteiger partial charge >= 0.3 is 6.09 Å². The number of amides is 1. The number of guanidine groups is 1. The first-order valence-electron chi connectivity index (χ1n) is 6.18. The second kappa shape index (κ2) is 9.44. The van der Waals surface area contributed by atoms with Crippen LogP contribution in [0.3, 0.4) is 0 Å². The number of aliphatic imine (C=N–C) groups is 1. The lowest BCUT2D eigenvalue weighted by molar-refractivity contribution is -0.117. The normalized spacial score (nSPS) is 11.2. The van der Waals surface area contributed by atoms with E-state index in [-0.39, 0.29) is 18.3 Å². The van der Waals surface area contributed by atoms with Crippen molar-refractivity contribution in [1.82, 2.24) is 4.90 Å². The number of nitrogens with two attached hydrogens (primary N) is 1. The quantitative estimate of drug-likeness (QED) is 0.425. The molecule has 0 saturated carbocycles. The van der Waals surface area contributed by atoms with Crippen LogP contribution < -0.4 is 5.73 Å². The van der Waals surface area contributed by atoms with Crippen LogP contribution in [0.4, 0.5) is 4.79 Å². The van der Waals surface area contributed by atoms with Crippen LogP contribution in [0.1, 0.15) is 39.5 Å². The molecule has 0 rings (SSSR count). The van der Waals surface area contributed by atoms with E-state index >= 15 is 0 Å². The van der Waals surface area contributed by atoms with Gasteiger partial charge in [-0.1, -0.05) is 26.2 Å². The molecule has 0 fully saturated rings. The summed E-state index contributed by atoms with van der Waals surface area (Å²) in [5.74, 6) is -0.0626. The Morgan fingerprint density at radius 2 is 1.94 bits per heavy atom. The van der Waals surface area contributed by atoms with E-state index in [0.717, 1.165) is 25.7 Å². The zero-order chi connectivity index (χ0) is 14.0. The minimum absolute atomic E-state index is 0.0104. The number of nitrogens with zero attached hydrogens (tertiary/aromatic N) is 2. The molecule has 0 aromatic rings. The van der Waals surface area contributed by atoms with Crippen molar-refractivity contribution in [3.8, 4) is 0 Å². The number of rotatable bonds is 7. The molecule has 0 spiro atoms. The van der Waals surface area contributed by atoms with Gasteiger partial charge in [-0.2, -0.15) is 0 Å². The van der Waals surface area contributed by atoms with E-state index in [4.69, 9.17) is 10.5 Å². The van der Waals surface area contributed by atoms with Gasteiger partial charge in [0.05, 0.1) is 13.2 Å². The first-order valence-corrected chi connectivity index (χ1v) is 6.18. The van der Waals surface area contributed by atoms with Crippen molar-refractivity contribution in [2.75, 3.05) is 20.2 Å². The van der Waals surface area contributed by atoms with Crippen LogP contribution in [-0.2, 0) is 9.53 Å². The predicted octanol–water partition coefficient (Wildman–Crippen LogP) is 1.54. The molecular formula is C12H23N3O3. The smallest absolute Gasteiger partial charge is 0.436 e. The summed E-state index contributed by atoms with van der Waals surface area (Å²) < 4.78 is 4.90. The fraction of sp³-hybridized carbons (Fsp3) is 0.750. The van der Waals surface area contributed by atoms with Crippen LogP contribution in [-0.4, -0.2) is 42.9 Å². The van der Waals surface area contributed by atoms with E-state index in [0.29, 0.717) is 6.61 Å².